The maximum Gasteiger partial charge on any atom is 0.337 e. The fourth-order valence-corrected chi connectivity index (χ4v) is 5.09. The van der Waals surface area contributed by atoms with Crippen LogP contribution in [0.5, 0.6) is 5.75 Å². The molecule has 2 aromatic heterocycles. The van der Waals surface area contributed by atoms with Gasteiger partial charge in [0.2, 0.25) is 0 Å². The number of hydrogen-bond acceptors (Lipinski definition) is 4. The molecule has 3 heterocycles. The van der Waals surface area contributed by atoms with Crippen LogP contribution in [0.15, 0.2) is 36.5 Å². The number of pyridine rings is 1. The van der Waals surface area contributed by atoms with Gasteiger partial charge in [0.1, 0.15) is 0 Å². The van der Waals surface area contributed by atoms with Crippen molar-refractivity contribution in [2.45, 2.75) is 59.2 Å². The first-order chi connectivity index (χ1) is 16.6. The number of carboxylic acids is 1. The molecule has 0 bridgehead atoms. The SMILES string of the molecule is Cc1cn2nc3ccccc3c2c(-c2cc(F)c3c(c2C)CCCO3)c1C(OC(C)(C)C)C(=O)O. The van der Waals surface area contributed by atoms with Crippen molar-refractivity contribution in [3.8, 4) is 16.9 Å². The molecular weight excluding hydrogens is 447 g/mol. The number of nitrogens with zero attached hydrogens (tertiary/aromatic N) is 2. The number of carboxylic acid groups (broad SMARTS) is 1. The lowest BCUT2D eigenvalue weighted by Gasteiger charge is -2.29. The molecule has 35 heavy (non-hydrogen) atoms. The molecule has 182 valence electrons. The van der Waals surface area contributed by atoms with E-state index in [1.54, 1.807) is 4.52 Å². The van der Waals surface area contributed by atoms with E-state index in [1.807, 2.05) is 65.1 Å². The predicted octanol–water partition coefficient (Wildman–Crippen LogP) is 6.18. The van der Waals surface area contributed by atoms with Gasteiger partial charge in [-0.2, -0.15) is 5.10 Å². The van der Waals surface area contributed by atoms with Gasteiger partial charge < -0.3 is 14.6 Å². The van der Waals surface area contributed by atoms with Crippen molar-refractivity contribution in [3.63, 3.8) is 0 Å². The summed E-state index contributed by atoms with van der Waals surface area (Å²) in [6.45, 7) is 9.75. The number of halogens is 1. The van der Waals surface area contributed by atoms with Crippen LogP contribution in [-0.2, 0) is 16.0 Å². The van der Waals surface area contributed by atoms with Crippen LogP contribution in [0.4, 0.5) is 4.39 Å². The monoisotopic (exact) mass is 476 g/mol. The molecule has 0 saturated heterocycles. The molecule has 2 aromatic carbocycles. The second-order valence-electron chi connectivity index (χ2n) is 10.2. The molecule has 1 aliphatic rings. The Hall–Kier alpha value is -3.45. The average Bonchev–Trinajstić information content (AvgIpc) is 3.16. The standard InChI is InChI=1S/C28H29FN2O4/c1-15-14-31-24(18-9-6-7-11-21(18)30-31)23(22(15)26(27(32)33)35-28(3,4)5)19-13-20(29)25-17(16(19)2)10-8-12-34-25/h6-7,9,11,13-14,26H,8,10,12H2,1-5H3,(H,32,33). The Morgan fingerprint density at radius 2 is 2.00 bits per heavy atom. The van der Waals surface area contributed by atoms with Gasteiger partial charge in [-0.25, -0.2) is 13.7 Å². The quantitative estimate of drug-likeness (QED) is 0.381. The van der Waals surface area contributed by atoms with Gasteiger partial charge in [0.05, 0.1) is 23.2 Å². The molecule has 0 aliphatic carbocycles. The van der Waals surface area contributed by atoms with E-state index in [-0.39, 0.29) is 0 Å². The zero-order chi connectivity index (χ0) is 25.1. The Kier molecular flexibility index (Phi) is 5.55. The third kappa shape index (κ3) is 3.93. The number of carbonyl (C=O) groups is 1. The summed E-state index contributed by atoms with van der Waals surface area (Å²) < 4.78 is 28.9. The van der Waals surface area contributed by atoms with Crippen molar-refractivity contribution in [1.29, 1.82) is 0 Å². The smallest absolute Gasteiger partial charge is 0.337 e. The van der Waals surface area contributed by atoms with E-state index in [9.17, 15) is 9.90 Å². The van der Waals surface area contributed by atoms with Crippen molar-refractivity contribution in [1.82, 2.24) is 9.61 Å². The van der Waals surface area contributed by atoms with Gasteiger partial charge in [-0.05, 0) is 76.3 Å². The van der Waals surface area contributed by atoms with Gasteiger partial charge >= 0.3 is 5.97 Å². The molecule has 1 aliphatic heterocycles. The van der Waals surface area contributed by atoms with Gasteiger partial charge in [0, 0.05) is 28.3 Å². The van der Waals surface area contributed by atoms with Crippen molar-refractivity contribution < 1.29 is 23.8 Å². The topological polar surface area (TPSA) is 73.1 Å². The van der Waals surface area contributed by atoms with Crippen LogP contribution in [0.25, 0.3) is 27.5 Å². The van der Waals surface area contributed by atoms with E-state index in [2.05, 4.69) is 0 Å². The van der Waals surface area contributed by atoms with Crippen LogP contribution in [0, 0.1) is 19.7 Å². The molecule has 4 aromatic rings. The van der Waals surface area contributed by atoms with Crippen molar-refractivity contribution in [2.75, 3.05) is 6.61 Å². The summed E-state index contributed by atoms with van der Waals surface area (Å²) in [4.78, 5) is 12.6. The number of aromatic nitrogens is 2. The molecule has 6 nitrogen and oxygen atoms in total. The summed E-state index contributed by atoms with van der Waals surface area (Å²) in [6, 6.07) is 9.16. The third-order valence-electron chi connectivity index (χ3n) is 6.51. The number of ether oxygens (including phenoxy) is 2. The minimum absolute atomic E-state index is 0.293. The molecule has 1 atom stereocenters. The summed E-state index contributed by atoms with van der Waals surface area (Å²) in [7, 11) is 0. The number of benzene rings is 2. The fourth-order valence-electron chi connectivity index (χ4n) is 5.09. The minimum atomic E-state index is -1.25. The molecule has 0 saturated carbocycles. The molecular formula is C28H29FN2O4. The second-order valence-corrected chi connectivity index (χ2v) is 10.2. The normalized spacial score (nSPS) is 14.7. The minimum Gasteiger partial charge on any atom is -0.490 e. The second kappa shape index (κ2) is 8.34. The number of aliphatic carboxylic acids is 1. The van der Waals surface area contributed by atoms with Gasteiger partial charge in [-0.3, -0.25) is 0 Å². The van der Waals surface area contributed by atoms with E-state index in [0.29, 0.717) is 41.0 Å². The van der Waals surface area contributed by atoms with Crippen LogP contribution in [0.2, 0.25) is 0 Å². The molecule has 5 rings (SSSR count). The lowest BCUT2D eigenvalue weighted by Crippen LogP contribution is -2.28. The van der Waals surface area contributed by atoms with Crippen LogP contribution >= 0.6 is 0 Å². The van der Waals surface area contributed by atoms with Gasteiger partial charge in [-0.1, -0.05) is 18.2 Å². The Labute approximate surface area is 203 Å². The fraction of sp³-hybridized carbons (Fsp3) is 0.357. The Morgan fingerprint density at radius 1 is 1.26 bits per heavy atom. The highest BCUT2D eigenvalue weighted by Crippen LogP contribution is 2.44. The van der Waals surface area contributed by atoms with Crippen molar-refractivity contribution in [2.24, 2.45) is 0 Å². The molecule has 0 spiro atoms. The molecule has 0 amide bonds. The molecule has 1 N–H and O–H groups in total. The van der Waals surface area contributed by atoms with Gasteiger partial charge in [-0.15, -0.1) is 0 Å². The number of fused-ring (bicyclic) bond motifs is 4. The van der Waals surface area contributed by atoms with Crippen molar-refractivity contribution in [3.05, 3.63) is 64.6 Å². The highest BCUT2D eigenvalue weighted by atomic mass is 19.1. The Balaban J connectivity index is 1.94. The summed E-state index contributed by atoms with van der Waals surface area (Å²) in [5.41, 5.74) is 4.94. The van der Waals surface area contributed by atoms with E-state index in [0.717, 1.165) is 34.0 Å². The predicted molar refractivity (Wildman–Crippen MR) is 133 cm³/mol. The Bertz CT molecular complexity index is 1480. The first-order valence-corrected chi connectivity index (χ1v) is 11.8. The lowest BCUT2D eigenvalue weighted by molar-refractivity contribution is -0.160. The molecule has 0 fully saturated rings. The molecule has 1 unspecified atom stereocenters. The number of rotatable bonds is 4. The third-order valence-corrected chi connectivity index (χ3v) is 6.51. The van der Waals surface area contributed by atoms with Gasteiger partial charge in [0.15, 0.2) is 17.7 Å². The summed E-state index contributed by atoms with van der Waals surface area (Å²) in [6.07, 6.45) is 2.07. The van der Waals surface area contributed by atoms with Crippen LogP contribution < -0.4 is 4.74 Å². The first-order valence-electron chi connectivity index (χ1n) is 11.8. The highest BCUT2D eigenvalue weighted by Gasteiger charge is 2.34. The zero-order valence-corrected chi connectivity index (χ0v) is 20.6. The van der Waals surface area contributed by atoms with E-state index in [4.69, 9.17) is 14.6 Å². The summed E-state index contributed by atoms with van der Waals surface area (Å²) in [5, 5.41) is 15.9. The van der Waals surface area contributed by atoms with E-state index >= 15 is 4.39 Å². The average molecular weight is 477 g/mol. The van der Waals surface area contributed by atoms with Crippen LogP contribution in [0.3, 0.4) is 0 Å². The molecule has 0 radical (unpaired) electrons. The van der Waals surface area contributed by atoms with Crippen LogP contribution in [-0.4, -0.2) is 32.9 Å². The molecule has 7 heteroatoms. The van der Waals surface area contributed by atoms with Gasteiger partial charge in [0.25, 0.3) is 0 Å². The largest absolute Gasteiger partial charge is 0.490 e. The maximum atomic E-state index is 15.4. The first kappa shape index (κ1) is 23.3. The highest BCUT2D eigenvalue weighted by molar-refractivity contribution is 6.05. The summed E-state index contributed by atoms with van der Waals surface area (Å²) in [5.74, 6) is -1.25. The number of aryl methyl sites for hydroxylation is 1. The summed E-state index contributed by atoms with van der Waals surface area (Å²) >= 11 is 0. The number of hydrogen-bond donors (Lipinski definition) is 1. The lowest BCUT2D eigenvalue weighted by atomic mass is 9.86. The van der Waals surface area contributed by atoms with E-state index < -0.39 is 23.5 Å². The van der Waals surface area contributed by atoms with E-state index in [1.165, 1.54) is 6.07 Å². The zero-order valence-electron chi connectivity index (χ0n) is 20.6. The Morgan fingerprint density at radius 3 is 2.71 bits per heavy atom. The van der Waals surface area contributed by atoms with Crippen molar-refractivity contribution >= 4 is 22.4 Å². The maximum absolute atomic E-state index is 15.4. The van der Waals surface area contributed by atoms with Crippen LogP contribution in [0.1, 0.15) is 55.5 Å².